The van der Waals surface area contributed by atoms with Crippen molar-refractivity contribution < 1.29 is 22.3 Å². The van der Waals surface area contributed by atoms with Crippen LogP contribution < -0.4 is 14.8 Å². The molecule has 2 aromatic rings. The van der Waals surface area contributed by atoms with Gasteiger partial charge >= 0.3 is 0 Å². The van der Waals surface area contributed by atoms with Gasteiger partial charge in [0.1, 0.15) is 11.6 Å². The van der Waals surface area contributed by atoms with Gasteiger partial charge in [0.25, 0.3) is 15.9 Å². The Bertz CT molecular complexity index is 928. The third-order valence-corrected chi connectivity index (χ3v) is 5.07. The van der Waals surface area contributed by atoms with Crippen LogP contribution in [0.5, 0.6) is 5.75 Å². The van der Waals surface area contributed by atoms with Crippen LogP contribution in [0, 0.1) is 12.7 Å². The molecule has 24 heavy (non-hydrogen) atoms. The predicted octanol–water partition coefficient (Wildman–Crippen LogP) is 2.65. The number of hydrogen-bond acceptors (Lipinski definition) is 4. The summed E-state index contributed by atoms with van der Waals surface area (Å²) in [5.74, 6) is -0.468. The van der Waals surface area contributed by atoms with Crippen LogP contribution in [-0.4, -0.2) is 20.4 Å². The van der Waals surface area contributed by atoms with Gasteiger partial charge in [0.05, 0.1) is 16.3 Å². The van der Waals surface area contributed by atoms with E-state index in [1.807, 2.05) is 0 Å². The van der Waals surface area contributed by atoms with Crippen LogP contribution in [0.2, 0.25) is 0 Å². The summed E-state index contributed by atoms with van der Waals surface area (Å²) < 4.78 is 46.3. The molecule has 1 amide bonds. The van der Waals surface area contributed by atoms with E-state index in [4.69, 9.17) is 4.74 Å². The van der Waals surface area contributed by atoms with Gasteiger partial charge in [-0.25, -0.2) is 12.8 Å². The van der Waals surface area contributed by atoms with E-state index in [1.165, 1.54) is 43.3 Å². The first-order chi connectivity index (χ1) is 11.3. The molecule has 8 heteroatoms. The van der Waals surface area contributed by atoms with Gasteiger partial charge in [-0.15, -0.1) is 0 Å². The number of anilines is 2. The highest BCUT2D eigenvalue weighted by Gasteiger charge is 2.26. The maximum atomic E-state index is 13.6. The van der Waals surface area contributed by atoms with Gasteiger partial charge in [0.2, 0.25) is 0 Å². The minimum Gasteiger partial charge on any atom is -0.479 e. The maximum Gasteiger partial charge on any atom is 0.265 e. The second-order valence-electron chi connectivity index (χ2n) is 5.43. The molecule has 1 aliphatic heterocycles. The molecule has 2 N–H and O–H groups in total. The third kappa shape index (κ3) is 2.92. The van der Waals surface area contributed by atoms with Crippen molar-refractivity contribution >= 4 is 27.3 Å². The normalized spacial score (nSPS) is 16.8. The molecule has 1 atom stereocenters. The van der Waals surface area contributed by atoms with E-state index in [2.05, 4.69) is 10.0 Å². The van der Waals surface area contributed by atoms with Gasteiger partial charge in [-0.1, -0.05) is 6.07 Å². The Kier molecular flexibility index (Phi) is 3.92. The number of carbonyl (C=O) groups excluding carboxylic acids is 1. The molecule has 6 nitrogen and oxygen atoms in total. The fourth-order valence-electron chi connectivity index (χ4n) is 2.28. The van der Waals surface area contributed by atoms with Crippen LogP contribution in [-0.2, 0) is 14.8 Å². The van der Waals surface area contributed by atoms with Gasteiger partial charge in [-0.2, -0.15) is 0 Å². The van der Waals surface area contributed by atoms with E-state index in [0.717, 1.165) is 0 Å². The van der Waals surface area contributed by atoms with Crippen LogP contribution in [0.25, 0.3) is 0 Å². The number of hydrogen-bond donors (Lipinski definition) is 2. The number of halogens is 1. The Morgan fingerprint density at radius 1 is 1.25 bits per heavy atom. The molecular formula is C16H15FN2O4S. The monoisotopic (exact) mass is 350 g/mol. The average molecular weight is 350 g/mol. The lowest BCUT2D eigenvalue weighted by Crippen LogP contribution is -2.34. The van der Waals surface area contributed by atoms with E-state index < -0.39 is 21.9 Å². The number of amides is 1. The lowest BCUT2D eigenvalue weighted by Gasteiger charge is -2.23. The molecule has 1 heterocycles. The second kappa shape index (κ2) is 5.79. The Morgan fingerprint density at radius 3 is 2.75 bits per heavy atom. The summed E-state index contributed by atoms with van der Waals surface area (Å²) in [7, 11) is -3.94. The van der Waals surface area contributed by atoms with Crippen molar-refractivity contribution in [1.82, 2.24) is 0 Å². The molecule has 0 aliphatic carbocycles. The highest BCUT2D eigenvalue weighted by Crippen LogP contribution is 2.32. The summed E-state index contributed by atoms with van der Waals surface area (Å²) >= 11 is 0. The Balaban J connectivity index is 1.95. The van der Waals surface area contributed by atoms with Crippen LogP contribution in [0.4, 0.5) is 15.8 Å². The zero-order chi connectivity index (χ0) is 17.5. The van der Waals surface area contributed by atoms with Crippen LogP contribution in [0.3, 0.4) is 0 Å². The topological polar surface area (TPSA) is 84.5 Å². The molecule has 1 aliphatic rings. The van der Waals surface area contributed by atoms with Crippen LogP contribution in [0.15, 0.2) is 41.3 Å². The number of ether oxygens (including phenoxy) is 1. The van der Waals surface area contributed by atoms with Crippen LogP contribution >= 0.6 is 0 Å². The summed E-state index contributed by atoms with van der Waals surface area (Å²) in [5, 5.41) is 2.59. The molecule has 0 aromatic heterocycles. The van der Waals surface area contributed by atoms with Crippen molar-refractivity contribution in [3.8, 4) is 5.75 Å². The largest absolute Gasteiger partial charge is 0.479 e. The number of fused-ring (bicyclic) bond motifs is 1. The summed E-state index contributed by atoms with van der Waals surface area (Å²) in [5.41, 5.74) is 0.628. The van der Waals surface area contributed by atoms with Gasteiger partial charge in [0.15, 0.2) is 6.10 Å². The van der Waals surface area contributed by atoms with E-state index in [0.29, 0.717) is 5.75 Å². The third-order valence-electron chi connectivity index (χ3n) is 3.70. The van der Waals surface area contributed by atoms with E-state index in [1.54, 1.807) is 6.92 Å². The second-order valence-corrected chi connectivity index (χ2v) is 7.11. The van der Waals surface area contributed by atoms with E-state index in [9.17, 15) is 17.6 Å². The maximum absolute atomic E-state index is 13.6. The van der Waals surface area contributed by atoms with Crippen molar-refractivity contribution in [2.24, 2.45) is 0 Å². The average Bonchev–Trinajstić information content (AvgIpc) is 2.52. The molecule has 0 fully saturated rings. The van der Waals surface area contributed by atoms with E-state index >= 15 is 0 Å². The Hall–Kier alpha value is -2.61. The molecule has 0 spiro atoms. The van der Waals surface area contributed by atoms with Gasteiger partial charge in [-0.3, -0.25) is 9.52 Å². The van der Waals surface area contributed by atoms with Crippen molar-refractivity contribution in [3.05, 3.63) is 47.8 Å². The molecule has 0 unspecified atom stereocenters. The van der Waals surface area contributed by atoms with Crippen molar-refractivity contribution in [1.29, 1.82) is 0 Å². The van der Waals surface area contributed by atoms with Gasteiger partial charge in [-0.05, 0) is 44.2 Å². The van der Waals surface area contributed by atoms with Crippen molar-refractivity contribution in [3.63, 3.8) is 0 Å². The fraction of sp³-hybridized carbons (Fsp3) is 0.188. The first-order valence-electron chi connectivity index (χ1n) is 7.17. The zero-order valence-corrected chi connectivity index (χ0v) is 13.8. The fourth-order valence-corrected chi connectivity index (χ4v) is 3.43. The SMILES string of the molecule is Cc1c(F)cccc1NS(=O)(=O)c1ccc2c(c1)NC(=O)[C@H](C)O2. The quantitative estimate of drug-likeness (QED) is 0.891. The van der Waals surface area contributed by atoms with Crippen molar-refractivity contribution in [2.75, 3.05) is 10.0 Å². The lowest BCUT2D eigenvalue weighted by molar-refractivity contribution is -0.122. The first-order valence-corrected chi connectivity index (χ1v) is 8.66. The molecule has 0 saturated heterocycles. The van der Waals surface area contributed by atoms with Crippen LogP contribution in [0.1, 0.15) is 12.5 Å². The Labute approximate surface area is 138 Å². The number of nitrogens with one attached hydrogen (secondary N) is 2. The van der Waals surface area contributed by atoms with Gasteiger partial charge < -0.3 is 10.1 Å². The molecule has 3 rings (SSSR count). The lowest BCUT2D eigenvalue weighted by atomic mass is 10.2. The number of carbonyl (C=O) groups is 1. The van der Waals surface area contributed by atoms with Crippen molar-refractivity contribution in [2.45, 2.75) is 24.8 Å². The summed E-state index contributed by atoms with van der Waals surface area (Å²) in [4.78, 5) is 11.6. The minimum atomic E-state index is -3.94. The number of benzene rings is 2. The highest BCUT2D eigenvalue weighted by atomic mass is 32.2. The smallest absolute Gasteiger partial charge is 0.265 e. The van der Waals surface area contributed by atoms with Gasteiger partial charge in [0, 0.05) is 5.56 Å². The zero-order valence-electron chi connectivity index (χ0n) is 13.0. The number of sulfonamides is 1. The molecular weight excluding hydrogens is 335 g/mol. The molecule has 0 radical (unpaired) electrons. The standard InChI is InChI=1S/C16H15FN2O4S/c1-9-12(17)4-3-5-13(9)19-24(21,22)11-6-7-15-14(8-11)18-16(20)10(2)23-15/h3-8,10,19H,1-2H3,(H,18,20)/t10-/m0/s1. The summed E-state index contributed by atoms with van der Waals surface area (Å²) in [6.45, 7) is 3.08. The Morgan fingerprint density at radius 2 is 2.00 bits per heavy atom. The minimum absolute atomic E-state index is 0.0663. The number of rotatable bonds is 3. The molecule has 0 saturated carbocycles. The summed E-state index contributed by atoms with van der Waals surface area (Å²) in [6.07, 6.45) is -0.645. The molecule has 2 aromatic carbocycles. The highest BCUT2D eigenvalue weighted by molar-refractivity contribution is 7.92. The summed E-state index contributed by atoms with van der Waals surface area (Å²) in [6, 6.07) is 8.28. The predicted molar refractivity (Wildman–Crippen MR) is 87.1 cm³/mol. The first kappa shape index (κ1) is 16.3. The van der Waals surface area contributed by atoms with E-state index in [-0.39, 0.29) is 27.7 Å². The molecule has 0 bridgehead atoms. The molecule has 126 valence electrons.